The molecule has 0 unspecified atom stereocenters. The molecule has 0 aliphatic carbocycles. The molecule has 0 radical (unpaired) electrons. The number of hydrogen-bond donors (Lipinski definition) is 0. The molecular formula is C96H102F8N4. The molecule has 0 aromatic heterocycles. The van der Waals surface area contributed by atoms with Gasteiger partial charge in [0.15, 0.2) is 0 Å². The van der Waals surface area contributed by atoms with E-state index in [1.54, 1.807) is 0 Å². The Balaban J connectivity index is 1.50. The first-order valence-electron chi connectivity index (χ1n) is 39.7. The molecule has 108 heavy (non-hydrogen) atoms. The van der Waals surface area contributed by atoms with Gasteiger partial charge in [-0.1, -0.05) is 208 Å². The number of hydrogen-bond acceptors (Lipinski definition) is 4. The van der Waals surface area contributed by atoms with Gasteiger partial charge in [-0.3, -0.25) is 0 Å². The fourth-order valence-corrected chi connectivity index (χ4v) is 17.6. The third-order valence-corrected chi connectivity index (χ3v) is 22.9. The van der Waals surface area contributed by atoms with Crippen molar-refractivity contribution >= 4 is 101 Å². The minimum Gasteiger partial charge on any atom is -0.308 e. The molecule has 0 aliphatic rings. The van der Waals surface area contributed by atoms with Gasteiger partial charge in [0.2, 0.25) is 0 Å². The lowest BCUT2D eigenvalue weighted by Gasteiger charge is -2.39. The maximum Gasteiger partial charge on any atom is 0.131 e. The Hall–Kier alpha value is -9.68. The second kappa shape index (κ2) is 32.6. The van der Waals surface area contributed by atoms with E-state index in [0.29, 0.717) is 129 Å². The summed E-state index contributed by atoms with van der Waals surface area (Å²) in [6.45, 7) is 31.6. The fraction of sp³-hybridized carbons (Fsp3) is 0.333. The molecule has 562 valence electrons. The number of rotatable bonds is 28. The first-order chi connectivity index (χ1) is 52.3. The van der Waals surface area contributed by atoms with Crippen molar-refractivity contribution in [3.8, 4) is 0 Å². The monoisotopic (exact) mass is 1460 g/mol. The standard InChI is InChI=1S/C96H102F8N4/c1-17-55-37-33-38-56(18-2)89(55)105(93-63(25-9)75(97)49-76(98)64(93)26-10)83-53-84(106(90-57(19-3)39-34-40-58(90)20-4)94-65(27-11)77(99)50-78(100)66(94)28-12)72-47-48-74-86(108(92-61(23-7)43-36-44-62(92)24-8)96-69(31-15)81(103)52-82(104)70(96)32-16)54-85(73-46-45-71(83)87(72)88(73)74)107(91-59(21-5)41-35-42-60(91)22-6)95-67(29-13)79(101)51-80(102)68(95)30-14/h33-54H,17-32H2,1-16H3. The summed E-state index contributed by atoms with van der Waals surface area (Å²) in [5, 5.41) is 3.75. The second-order valence-corrected chi connectivity index (χ2v) is 28.2. The van der Waals surface area contributed by atoms with Gasteiger partial charge >= 0.3 is 0 Å². The maximum absolute atomic E-state index is 17.8. The number of benzene rings is 12. The van der Waals surface area contributed by atoms with E-state index in [1.807, 2.05) is 79.7 Å². The van der Waals surface area contributed by atoms with E-state index < -0.39 is 46.5 Å². The molecular weight excluding hydrogens is 1360 g/mol. The molecule has 0 heterocycles. The molecule has 0 saturated heterocycles. The Kier molecular flexibility index (Phi) is 23.5. The lowest BCUT2D eigenvalue weighted by Crippen LogP contribution is -2.23. The van der Waals surface area contributed by atoms with E-state index in [-0.39, 0.29) is 95.9 Å². The normalized spacial score (nSPS) is 11.7. The molecule has 4 nitrogen and oxygen atoms in total. The zero-order chi connectivity index (χ0) is 77.4. The third-order valence-electron chi connectivity index (χ3n) is 22.9. The summed E-state index contributed by atoms with van der Waals surface area (Å²) >= 11 is 0. The van der Waals surface area contributed by atoms with Gasteiger partial charge in [-0.25, -0.2) is 35.1 Å². The lowest BCUT2D eigenvalue weighted by molar-refractivity contribution is 0.564. The maximum atomic E-state index is 17.8. The Morgan fingerprint density at radius 1 is 0.185 bits per heavy atom. The van der Waals surface area contributed by atoms with Crippen LogP contribution >= 0.6 is 0 Å². The summed E-state index contributed by atoms with van der Waals surface area (Å²) in [6.07, 6.45) is 5.35. The molecule has 0 saturated carbocycles. The van der Waals surface area contributed by atoms with E-state index >= 15 is 35.1 Å². The van der Waals surface area contributed by atoms with Crippen molar-refractivity contribution in [2.45, 2.75) is 214 Å². The van der Waals surface area contributed by atoms with Crippen LogP contribution in [0.3, 0.4) is 0 Å². The quantitative estimate of drug-likeness (QED) is 0.0358. The van der Waals surface area contributed by atoms with Crippen LogP contribution in [-0.4, -0.2) is 0 Å². The van der Waals surface area contributed by atoms with E-state index in [4.69, 9.17) is 0 Å². The second-order valence-electron chi connectivity index (χ2n) is 28.2. The lowest BCUT2D eigenvalue weighted by atomic mass is 9.86. The van der Waals surface area contributed by atoms with Crippen LogP contribution in [0.15, 0.2) is 133 Å². The first kappa shape index (κ1) is 77.9. The largest absolute Gasteiger partial charge is 0.308 e. The molecule has 12 rings (SSSR count). The van der Waals surface area contributed by atoms with Crippen molar-refractivity contribution in [1.82, 2.24) is 0 Å². The number of aryl methyl sites for hydroxylation is 8. The number of halogens is 8. The molecule has 12 aromatic rings. The highest BCUT2D eigenvalue weighted by molar-refractivity contribution is 6.33. The Labute approximate surface area is 634 Å². The molecule has 12 aromatic carbocycles. The van der Waals surface area contributed by atoms with Crippen molar-refractivity contribution in [1.29, 1.82) is 0 Å². The summed E-state index contributed by atoms with van der Waals surface area (Å²) < 4.78 is 142. The van der Waals surface area contributed by atoms with E-state index in [2.05, 4.69) is 160 Å². The minimum absolute atomic E-state index is 0.161. The van der Waals surface area contributed by atoms with Gasteiger partial charge in [-0.2, -0.15) is 0 Å². The molecule has 0 fully saturated rings. The van der Waals surface area contributed by atoms with Gasteiger partial charge in [0.05, 0.1) is 68.2 Å². The van der Waals surface area contributed by atoms with Gasteiger partial charge in [0.1, 0.15) is 46.5 Å². The van der Waals surface area contributed by atoms with Crippen LogP contribution in [0, 0.1) is 46.5 Å². The van der Waals surface area contributed by atoms with Crippen LogP contribution in [0.4, 0.5) is 103 Å². The van der Waals surface area contributed by atoms with Crippen molar-refractivity contribution in [3.05, 3.63) is 269 Å². The zero-order valence-electron chi connectivity index (χ0n) is 65.8. The van der Waals surface area contributed by atoms with Crippen LogP contribution < -0.4 is 19.6 Å². The number of anilines is 12. The molecule has 0 amide bonds. The van der Waals surface area contributed by atoms with Gasteiger partial charge in [0, 0.05) is 101 Å². The summed E-state index contributed by atoms with van der Waals surface area (Å²) in [4.78, 5) is 8.33. The predicted molar refractivity (Wildman–Crippen MR) is 439 cm³/mol. The van der Waals surface area contributed by atoms with Gasteiger partial charge in [-0.15, -0.1) is 0 Å². The molecule has 0 atom stereocenters. The Morgan fingerprint density at radius 3 is 0.463 bits per heavy atom. The van der Waals surface area contributed by atoms with Crippen molar-refractivity contribution < 1.29 is 35.1 Å². The predicted octanol–water partition coefficient (Wildman–Crippen LogP) is 28.6. The molecule has 12 heteroatoms. The summed E-state index contributed by atoms with van der Waals surface area (Å²) in [5.74, 6) is -5.75. The highest BCUT2D eigenvalue weighted by atomic mass is 19.2. The highest BCUT2D eigenvalue weighted by Gasteiger charge is 2.38. The summed E-state index contributed by atoms with van der Waals surface area (Å²) in [5.41, 5.74) is 15.6. The Bertz CT molecular complexity index is 4550. The van der Waals surface area contributed by atoms with Crippen molar-refractivity contribution in [2.24, 2.45) is 0 Å². The smallest absolute Gasteiger partial charge is 0.131 e. The fourth-order valence-electron chi connectivity index (χ4n) is 17.6. The zero-order valence-corrected chi connectivity index (χ0v) is 65.8. The highest BCUT2D eigenvalue weighted by Crippen LogP contribution is 2.60. The van der Waals surface area contributed by atoms with Gasteiger partial charge in [-0.05, 0) is 159 Å². The van der Waals surface area contributed by atoms with Crippen LogP contribution in [0.2, 0.25) is 0 Å². The molecule has 0 bridgehead atoms. The minimum atomic E-state index is -0.718. The van der Waals surface area contributed by atoms with Crippen LogP contribution in [0.25, 0.3) is 32.3 Å². The third kappa shape index (κ3) is 12.9. The number of para-hydroxylation sites is 4. The summed E-state index contributed by atoms with van der Waals surface area (Å²) in [7, 11) is 0. The Morgan fingerprint density at radius 2 is 0.333 bits per heavy atom. The van der Waals surface area contributed by atoms with Gasteiger partial charge < -0.3 is 19.6 Å². The molecule has 0 spiro atoms. The van der Waals surface area contributed by atoms with Crippen molar-refractivity contribution in [3.63, 3.8) is 0 Å². The average Bonchev–Trinajstić information content (AvgIpc) is 0.691. The van der Waals surface area contributed by atoms with E-state index in [9.17, 15) is 0 Å². The molecule has 0 aliphatic heterocycles. The SMILES string of the molecule is CCc1cccc(CC)c1N(c1c(CC)c(F)cc(F)c1CC)c1cc(N(c2c(CC)cccc2CC)c2c(CC)c(F)cc(F)c2CC)c2ccc3c(N(c4c(CC)cccc4CC)c4c(CC)c(F)cc(F)c4CC)cc(N(c4c(CC)cccc4CC)c4c(CC)c(F)cc(F)c4CC)c4ccc1c2c43. The average molecular weight is 1460 g/mol. The van der Waals surface area contributed by atoms with Gasteiger partial charge in [0.25, 0.3) is 0 Å². The number of nitrogens with zero attached hydrogens (tertiary/aromatic N) is 4. The van der Waals surface area contributed by atoms with Crippen LogP contribution in [-0.2, 0) is 103 Å². The van der Waals surface area contributed by atoms with Crippen molar-refractivity contribution in [2.75, 3.05) is 19.6 Å². The van der Waals surface area contributed by atoms with Crippen LogP contribution in [0.5, 0.6) is 0 Å². The summed E-state index contributed by atoms with van der Waals surface area (Å²) in [6, 6.07) is 41.0. The molecule has 0 N–H and O–H groups in total. The first-order valence-corrected chi connectivity index (χ1v) is 39.7. The topological polar surface area (TPSA) is 13.0 Å². The van der Waals surface area contributed by atoms with E-state index in [1.165, 1.54) is 0 Å². The van der Waals surface area contributed by atoms with Crippen LogP contribution in [0.1, 0.15) is 200 Å². The van der Waals surface area contributed by atoms with E-state index in [0.717, 1.165) is 91.5 Å².